The van der Waals surface area contributed by atoms with Gasteiger partial charge in [-0.1, -0.05) is 0 Å². The highest BCUT2D eigenvalue weighted by molar-refractivity contribution is 5.87. The number of aliphatic hydroxyl groups is 1. The van der Waals surface area contributed by atoms with Gasteiger partial charge in [-0.15, -0.1) is 0 Å². The Bertz CT molecular complexity index is 593. The number of hydrazine groups is 1. The molecule has 0 bridgehead atoms. The Kier molecular flexibility index (Phi) is 3.38. The second-order valence-corrected chi connectivity index (χ2v) is 4.85. The predicted octanol–water partition coefficient (Wildman–Crippen LogP) is -0.408. The van der Waals surface area contributed by atoms with Crippen LogP contribution in [-0.4, -0.2) is 50.6 Å². The molecule has 0 radical (unpaired) electrons. The molecule has 20 heavy (non-hydrogen) atoms. The standard InChI is InChI=1S/C11H17N7O2/c12-17-10-14-8(7-5-13-18-9(7)15-10)16-11(6-19)1-3-20-4-2-11/h5,19H,1-4,6,12H2,(H3,13,14,15,16,17,18). The van der Waals surface area contributed by atoms with Crippen molar-refractivity contribution < 1.29 is 9.84 Å². The molecule has 9 heteroatoms. The van der Waals surface area contributed by atoms with Gasteiger partial charge >= 0.3 is 0 Å². The summed E-state index contributed by atoms with van der Waals surface area (Å²) in [7, 11) is 0. The Morgan fingerprint density at radius 1 is 1.40 bits per heavy atom. The minimum Gasteiger partial charge on any atom is -0.394 e. The summed E-state index contributed by atoms with van der Waals surface area (Å²) in [4.78, 5) is 8.47. The molecule has 1 saturated heterocycles. The molecule has 3 rings (SSSR count). The maximum absolute atomic E-state index is 9.73. The Morgan fingerprint density at radius 3 is 2.90 bits per heavy atom. The van der Waals surface area contributed by atoms with E-state index in [0.29, 0.717) is 37.5 Å². The largest absolute Gasteiger partial charge is 0.394 e. The number of anilines is 2. The van der Waals surface area contributed by atoms with Crippen molar-refractivity contribution in [1.82, 2.24) is 20.2 Å². The van der Waals surface area contributed by atoms with Gasteiger partial charge in [-0.25, -0.2) is 5.84 Å². The lowest BCUT2D eigenvalue weighted by Gasteiger charge is -2.36. The lowest BCUT2D eigenvalue weighted by atomic mass is 9.91. The second kappa shape index (κ2) is 5.19. The molecule has 1 fully saturated rings. The first-order valence-corrected chi connectivity index (χ1v) is 6.41. The number of nitrogens with one attached hydrogen (secondary N) is 3. The molecule has 2 aromatic rings. The highest BCUT2D eigenvalue weighted by Gasteiger charge is 2.33. The summed E-state index contributed by atoms with van der Waals surface area (Å²) in [6, 6.07) is 0. The normalized spacial score (nSPS) is 18.1. The molecule has 6 N–H and O–H groups in total. The van der Waals surface area contributed by atoms with Crippen LogP contribution in [-0.2, 0) is 4.74 Å². The number of hydrogen-bond donors (Lipinski definition) is 5. The number of aliphatic hydroxyl groups excluding tert-OH is 1. The van der Waals surface area contributed by atoms with E-state index in [4.69, 9.17) is 10.6 Å². The molecule has 0 aromatic carbocycles. The fourth-order valence-electron chi connectivity index (χ4n) is 2.33. The first kappa shape index (κ1) is 13.0. The van der Waals surface area contributed by atoms with Gasteiger partial charge in [-0.05, 0) is 12.8 Å². The van der Waals surface area contributed by atoms with Crippen molar-refractivity contribution in [3.63, 3.8) is 0 Å². The molecule has 9 nitrogen and oxygen atoms in total. The molecule has 0 spiro atoms. The SMILES string of the molecule is NNc1nc(NC2(CO)CCOCC2)c2cn[nH]c2n1. The Labute approximate surface area is 114 Å². The van der Waals surface area contributed by atoms with Crippen LogP contribution < -0.4 is 16.6 Å². The van der Waals surface area contributed by atoms with Crippen molar-refractivity contribution >= 4 is 22.8 Å². The van der Waals surface area contributed by atoms with Crippen LogP contribution in [0.3, 0.4) is 0 Å². The van der Waals surface area contributed by atoms with Crippen molar-refractivity contribution in [1.29, 1.82) is 0 Å². The molecule has 0 atom stereocenters. The molecule has 0 aliphatic carbocycles. The molecule has 0 saturated carbocycles. The summed E-state index contributed by atoms with van der Waals surface area (Å²) >= 11 is 0. The van der Waals surface area contributed by atoms with Gasteiger partial charge in [0.25, 0.3) is 0 Å². The van der Waals surface area contributed by atoms with Gasteiger partial charge in [0.15, 0.2) is 5.65 Å². The topological polar surface area (TPSA) is 134 Å². The fraction of sp³-hybridized carbons (Fsp3) is 0.545. The summed E-state index contributed by atoms with van der Waals surface area (Å²) in [6.45, 7) is 1.22. The predicted molar refractivity (Wildman–Crippen MR) is 73.0 cm³/mol. The molecule has 2 aromatic heterocycles. The third kappa shape index (κ3) is 2.26. The molecule has 3 heterocycles. The first-order valence-electron chi connectivity index (χ1n) is 6.41. The van der Waals surface area contributed by atoms with Crippen LogP contribution in [0.15, 0.2) is 6.20 Å². The summed E-state index contributed by atoms with van der Waals surface area (Å²) < 4.78 is 5.35. The first-order chi connectivity index (χ1) is 9.76. The maximum atomic E-state index is 9.73. The number of fused-ring (bicyclic) bond motifs is 1. The molecule has 1 aliphatic heterocycles. The zero-order valence-corrected chi connectivity index (χ0v) is 10.9. The number of nitrogens with two attached hydrogens (primary N) is 1. The molecule has 1 aliphatic rings. The highest BCUT2D eigenvalue weighted by atomic mass is 16.5. The number of rotatable bonds is 4. The quantitative estimate of drug-likeness (QED) is 0.377. The fourth-order valence-corrected chi connectivity index (χ4v) is 2.33. The van der Waals surface area contributed by atoms with Crippen molar-refractivity contribution in [2.24, 2.45) is 5.84 Å². The van der Waals surface area contributed by atoms with E-state index >= 15 is 0 Å². The van der Waals surface area contributed by atoms with Crippen molar-refractivity contribution in [2.45, 2.75) is 18.4 Å². The Balaban J connectivity index is 1.98. The van der Waals surface area contributed by atoms with Gasteiger partial charge in [-0.2, -0.15) is 15.1 Å². The third-order valence-electron chi connectivity index (χ3n) is 3.57. The zero-order chi connectivity index (χ0) is 14.0. The monoisotopic (exact) mass is 279 g/mol. The van der Waals surface area contributed by atoms with Crippen molar-refractivity contribution in [2.75, 3.05) is 30.6 Å². The second-order valence-electron chi connectivity index (χ2n) is 4.85. The van der Waals surface area contributed by atoms with Gasteiger partial charge < -0.3 is 15.2 Å². The number of ether oxygens (including phenoxy) is 1. The molecular formula is C11H17N7O2. The van der Waals surface area contributed by atoms with Gasteiger partial charge in [0.2, 0.25) is 5.95 Å². The summed E-state index contributed by atoms with van der Waals surface area (Å²) in [5, 5.41) is 20.5. The molecule has 0 amide bonds. The van der Waals surface area contributed by atoms with Crippen LogP contribution in [0, 0.1) is 0 Å². The van der Waals surface area contributed by atoms with E-state index in [2.05, 4.69) is 30.9 Å². The number of hydrogen-bond acceptors (Lipinski definition) is 8. The average Bonchev–Trinajstić information content (AvgIpc) is 2.96. The van der Waals surface area contributed by atoms with E-state index < -0.39 is 5.54 Å². The lowest BCUT2D eigenvalue weighted by molar-refractivity contribution is 0.0379. The minimum atomic E-state index is -0.442. The van der Waals surface area contributed by atoms with E-state index in [-0.39, 0.29) is 12.6 Å². The van der Waals surface area contributed by atoms with Crippen molar-refractivity contribution in [3.05, 3.63) is 6.20 Å². The number of H-pyrrole nitrogens is 1. The van der Waals surface area contributed by atoms with Gasteiger partial charge in [0.05, 0.1) is 23.7 Å². The summed E-state index contributed by atoms with van der Waals surface area (Å²) in [5.41, 5.74) is 2.56. The van der Waals surface area contributed by atoms with Crippen LogP contribution in [0.4, 0.5) is 11.8 Å². The van der Waals surface area contributed by atoms with Gasteiger partial charge in [0, 0.05) is 13.2 Å². The van der Waals surface area contributed by atoms with E-state index in [1.165, 1.54) is 0 Å². The smallest absolute Gasteiger partial charge is 0.241 e. The summed E-state index contributed by atoms with van der Waals surface area (Å²) in [6.07, 6.45) is 3.05. The van der Waals surface area contributed by atoms with Crippen LogP contribution in [0.2, 0.25) is 0 Å². The van der Waals surface area contributed by atoms with E-state index in [9.17, 15) is 5.11 Å². The number of aromatic amines is 1. The summed E-state index contributed by atoms with van der Waals surface area (Å²) in [5.74, 6) is 6.24. The van der Waals surface area contributed by atoms with Crippen LogP contribution in [0.5, 0.6) is 0 Å². The van der Waals surface area contributed by atoms with E-state index in [1.54, 1.807) is 6.20 Å². The lowest BCUT2D eigenvalue weighted by Crippen LogP contribution is -2.47. The third-order valence-corrected chi connectivity index (χ3v) is 3.57. The maximum Gasteiger partial charge on any atom is 0.241 e. The number of nitrogen functional groups attached to an aromatic ring is 1. The van der Waals surface area contributed by atoms with Crippen LogP contribution in [0.25, 0.3) is 11.0 Å². The number of aromatic nitrogens is 4. The van der Waals surface area contributed by atoms with Crippen LogP contribution >= 0.6 is 0 Å². The van der Waals surface area contributed by atoms with Crippen molar-refractivity contribution in [3.8, 4) is 0 Å². The van der Waals surface area contributed by atoms with Gasteiger partial charge in [0.1, 0.15) is 5.82 Å². The van der Waals surface area contributed by atoms with E-state index in [1.807, 2.05) is 0 Å². The van der Waals surface area contributed by atoms with Gasteiger partial charge in [-0.3, -0.25) is 10.5 Å². The minimum absolute atomic E-state index is 0.00505. The number of nitrogens with zero attached hydrogens (tertiary/aromatic N) is 3. The molecule has 0 unspecified atom stereocenters. The van der Waals surface area contributed by atoms with Crippen LogP contribution in [0.1, 0.15) is 12.8 Å². The highest BCUT2D eigenvalue weighted by Crippen LogP contribution is 2.28. The molecule has 108 valence electrons. The average molecular weight is 279 g/mol. The zero-order valence-electron chi connectivity index (χ0n) is 10.9. The Hall–Kier alpha value is -1.97. The molecular weight excluding hydrogens is 262 g/mol. The Morgan fingerprint density at radius 2 is 2.20 bits per heavy atom. The van der Waals surface area contributed by atoms with E-state index in [0.717, 1.165) is 5.39 Å².